The number of esters is 3. The number of fused-ring (bicyclic) bond motifs is 2. The van der Waals surface area contributed by atoms with Crippen molar-refractivity contribution in [2.45, 2.75) is 86.0 Å². The summed E-state index contributed by atoms with van der Waals surface area (Å²) in [6.07, 6.45) is 1.42. The van der Waals surface area contributed by atoms with Crippen molar-refractivity contribution in [3.05, 3.63) is 69.3 Å². The van der Waals surface area contributed by atoms with Gasteiger partial charge in [-0.1, -0.05) is 12.1 Å². The van der Waals surface area contributed by atoms with Gasteiger partial charge in [-0.15, -0.1) is 0 Å². The molecule has 2 N–H and O–H groups in total. The Morgan fingerprint density at radius 3 is 2.46 bits per heavy atom. The number of benzene rings is 2. The molecule has 1 aromatic heterocycles. The standard InChI is InChI=1S/C34H42N4O8/c1-7-44-29(39)16-15-27(32(42)45-8-2)37-30(40)22-11-9-10-12-25(22)36-26-14-13-21-17-28-24(18-23(21)26)31(41)38(20(3)35-28)19-46-33(43)34(4,5)6/h9-12,17-18,26-27,36H,7-8,13-16,19H2,1-6H3,(H,37,40)/t26-,27-/m1/s1. The van der Waals surface area contributed by atoms with Crippen molar-refractivity contribution in [2.24, 2.45) is 5.41 Å². The molecule has 0 aliphatic heterocycles. The third kappa shape index (κ3) is 7.91. The van der Waals surface area contributed by atoms with E-state index in [9.17, 15) is 24.0 Å². The maximum absolute atomic E-state index is 13.5. The lowest BCUT2D eigenvalue weighted by molar-refractivity contribution is -0.157. The van der Waals surface area contributed by atoms with Crippen molar-refractivity contribution in [1.82, 2.24) is 14.9 Å². The van der Waals surface area contributed by atoms with Gasteiger partial charge in [-0.2, -0.15) is 0 Å². The summed E-state index contributed by atoms with van der Waals surface area (Å²) in [5.74, 6) is -1.59. The van der Waals surface area contributed by atoms with Crippen LogP contribution in [-0.2, 0) is 41.7 Å². The van der Waals surface area contributed by atoms with Gasteiger partial charge in [-0.05, 0) is 96.2 Å². The Bertz CT molecular complexity index is 1690. The fraction of sp³-hybridized carbons (Fsp3) is 0.471. The lowest BCUT2D eigenvalue weighted by Crippen LogP contribution is -2.42. The maximum atomic E-state index is 13.5. The van der Waals surface area contributed by atoms with Crippen LogP contribution in [0.4, 0.5) is 5.69 Å². The zero-order chi connectivity index (χ0) is 33.6. The molecule has 12 heteroatoms. The summed E-state index contributed by atoms with van der Waals surface area (Å²) in [4.78, 5) is 68.5. The number of amides is 1. The van der Waals surface area contributed by atoms with Crippen LogP contribution >= 0.6 is 0 Å². The number of nitrogens with one attached hydrogen (secondary N) is 2. The van der Waals surface area contributed by atoms with Crippen molar-refractivity contribution in [3.63, 3.8) is 0 Å². The molecule has 0 radical (unpaired) electrons. The first-order chi connectivity index (χ1) is 21.8. The lowest BCUT2D eigenvalue weighted by Gasteiger charge is -2.21. The van der Waals surface area contributed by atoms with E-state index in [1.807, 2.05) is 12.1 Å². The predicted molar refractivity (Wildman–Crippen MR) is 171 cm³/mol. The number of rotatable bonds is 12. The normalized spacial score (nSPS) is 14.7. The summed E-state index contributed by atoms with van der Waals surface area (Å²) >= 11 is 0. The minimum atomic E-state index is -1.04. The van der Waals surface area contributed by atoms with Crippen molar-refractivity contribution in [2.75, 3.05) is 18.5 Å². The summed E-state index contributed by atoms with van der Waals surface area (Å²) in [5.41, 5.74) is 2.33. The largest absolute Gasteiger partial charge is 0.466 e. The number of carbonyl (C=O) groups is 4. The Morgan fingerprint density at radius 2 is 1.76 bits per heavy atom. The van der Waals surface area contributed by atoms with Gasteiger partial charge in [-0.25, -0.2) is 9.78 Å². The van der Waals surface area contributed by atoms with Gasteiger partial charge < -0.3 is 24.8 Å². The SMILES string of the molecule is CCOC(=O)CC[C@@H](NC(=O)c1ccccc1N[C@@H]1CCc2cc3nc(C)n(COC(=O)C(C)(C)C)c(=O)c3cc21)C(=O)OCC. The van der Waals surface area contributed by atoms with Crippen LogP contribution in [0.5, 0.6) is 0 Å². The van der Waals surface area contributed by atoms with Gasteiger partial charge in [0.25, 0.3) is 11.5 Å². The summed E-state index contributed by atoms with van der Waals surface area (Å²) in [6, 6.07) is 9.41. The first-order valence-corrected chi connectivity index (χ1v) is 15.5. The number of aryl methyl sites for hydroxylation is 2. The van der Waals surface area contributed by atoms with Crippen LogP contribution in [-0.4, -0.2) is 52.6 Å². The second-order valence-corrected chi connectivity index (χ2v) is 12.2. The van der Waals surface area contributed by atoms with Crippen LogP contribution < -0.4 is 16.2 Å². The topological polar surface area (TPSA) is 155 Å². The Morgan fingerprint density at radius 1 is 1.04 bits per heavy atom. The highest BCUT2D eigenvalue weighted by molar-refractivity contribution is 6.01. The molecule has 1 amide bonds. The molecule has 3 aromatic rings. The number of carbonyl (C=O) groups excluding carboxylic acids is 4. The third-order valence-corrected chi connectivity index (χ3v) is 7.74. The van der Waals surface area contributed by atoms with Crippen molar-refractivity contribution >= 4 is 40.4 Å². The van der Waals surface area contributed by atoms with Crippen LogP contribution in [0, 0.1) is 12.3 Å². The molecule has 0 bridgehead atoms. The average molecular weight is 635 g/mol. The number of para-hydroxylation sites is 1. The summed E-state index contributed by atoms with van der Waals surface area (Å²) in [5, 5.41) is 6.58. The molecule has 1 aliphatic carbocycles. The first kappa shape index (κ1) is 34.1. The molecule has 2 aromatic carbocycles. The lowest BCUT2D eigenvalue weighted by atomic mass is 9.98. The van der Waals surface area contributed by atoms with Gasteiger partial charge in [0.05, 0.1) is 41.1 Å². The van der Waals surface area contributed by atoms with Crippen molar-refractivity contribution in [3.8, 4) is 0 Å². The Kier molecular flexibility index (Phi) is 10.8. The van der Waals surface area contributed by atoms with Crippen LogP contribution in [0.2, 0.25) is 0 Å². The van der Waals surface area contributed by atoms with Gasteiger partial charge in [0, 0.05) is 12.1 Å². The second-order valence-electron chi connectivity index (χ2n) is 12.2. The predicted octanol–water partition coefficient (Wildman–Crippen LogP) is 4.36. The molecule has 1 aliphatic rings. The molecule has 46 heavy (non-hydrogen) atoms. The Labute approximate surface area is 267 Å². The zero-order valence-corrected chi connectivity index (χ0v) is 27.2. The molecule has 1 heterocycles. The average Bonchev–Trinajstić information content (AvgIpc) is 3.39. The molecule has 0 spiro atoms. The molecule has 0 saturated carbocycles. The highest BCUT2D eigenvalue weighted by Crippen LogP contribution is 2.36. The molecular formula is C34H42N4O8. The molecule has 12 nitrogen and oxygen atoms in total. The van der Waals surface area contributed by atoms with E-state index in [4.69, 9.17) is 14.2 Å². The summed E-state index contributed by atoms with van der Waals surface area (Å²) in [6.45, 7) is 10.4. The quantitative estimate of drug-likeness (QED) is 0.217. The second kappa shape index (κ2) is 14.6. The number of ether oxygens (including phenoxy) is 3. The maximum Gasteiger partial charge on any atom is 0.328 e. The van der Waals surface area contributed by atoms with E-state index in [1.54, 1.807) is 65.8 Å². The van der Waals surface area contributed by atoms with E-state index >= 15 is 0 Å². The van der Waals surface area contributed by atoms with Gasteiger partial charge >= 0.3 is 17.9 Å². The van der Waals surface area contributed by atoms with E-state index < -0.39 is 35.3 Å². The van der Waals surface area contributed by atoms with Crippen molar-refractivity contribution in [1.29, 1.82) is 0 Å². The fourth-order valence-electron chi connectivity index (χ4n) is 5.29. The Hall–Kier alpha value is -4.74. The highest BCUT2D eigenvalue weighted by Gasteiger charge is 2.28. The van der Waals surface area contributed by atoms with E-state index in [0.717, 1.165) is 17.5 Å². The zero-order valence-electron chi connectivity index (χ0n) is 27.2. The van der Waals surface area contributed by atoms with Crippen LogP contribution in [0.25, 0.3) is 10.9 Å². The minimum Gasteiger partial charge on any atom is -0.466 e. The molecule has 2 atom stereocenters. The van der Waals surface area contributed by atoms with E-state index in [1.165, 1.54) is 4.57 Å². The number of aromatic nitrogens is 2. The fourth-order valence-corrected chi connectivity index (χ4v) is 5.29. The molecule has 0 unspecified atom stereocenters. The molecule has 246 valence electrons. The van der Waals surface area contributed by atoms with Crippen molar-refractivity contribution < 1.29 is 33.4 Å². The van der Waals surface area contributed by atoms with E-state index in [0.29, 0.717) is 34.4 Å². The highest BCUT2D eigenvalue weighted by atomic mass is 16.5. The van der Waals surface area contributed by atoms with Gasteiger partial charge in [0.2, 0.25) is 0 Å². The van der Waals surface area contributed by atoms with Crippen LogP contribution in [0.15, 0.2) is 41.2 Å². The molecule has 0 saturated heterocycles. The minimum absolute atomic E-state index is 0.0303. The Balaban J connectivity index is 1.57. The van der Waals surface area contributed by atoms with Crippen LogP contribution in [0.1, 0.15) is 87.2 Å². The van der Waals surface area contributed by atoms with Crippen LogP contribution in [0.3, 0.4) is 0 Å². The molecule has 0 fully saturated rings. The van der Waals surface area contributed by atoms with Gasteiger partial charge in [-0.3, -0.25) is 23.7 Å². The van der Waals surface area contributed by atoms with E-state index in [2.05, 4.69) is 15.6 Å². The third-order valence-electron chi connectivity index (χ3n) is 7.74. The number of hydrogen-bond acceptors (Lipinski definition) is 10. The summed E-state index contributed by atoms with van der Waals surface area (Å²) in [7, 11) is 0. The summed E-state index contributed by atoms with van der Waals surface area (Å²) < 4.78 is 16.9. The molecule has 4 rings (SSSR count). The molecular weight excluding hydrogens is 592 g/mol. The smallest absolute Gasteiger partial charge is 0.328 e. The first-order valence-electron chi connectivity index (χ1n) is 15.5. The van der Waals surface area contributed by atoms with E-state index in [-0.39, 0.29) is 44.4 Å². The number of hydrogen-bond donors (Lipinski definition) is 2. The number of anilines is 1. The van der Waals surface area contributed by atoms with Gasteiger partial charge in [0.15, 0.2) is 6.73 Å². The van der Waals surface area contributed by atoms with Gasteiger partial charge in [0.1, 0.15) is 11.9 Å². The number of nitrogens with zero attached hydrogens (tertiary/aromatic N) is 2. The monoisotopic (exact) mass is 634 g/mol.